The summed E-state index contributed by atoms with van der Waals surface area (Å²) < 4.78 is 1.46. The van der Waals surface area contributed by atoms with E-state index in [0.717, 1.165) is 0 Å². The van der Waals surface area contributed by atoms with Crippen LogP contribution in [0.1, 0.15) is 9.75 Å². The molecule has 0 aliphatic heterocycles. The Morgan fingerprint density at radius 1 is 1.44 bits per heavy atom. The summed E-state index contributed by atoms with van der Waals surface area (Å²) in [4.78, 5) is 2.92. The van der Waals surface area contributed by atoms with Crippen molar-refractivity contribution in [2.24, 2.45) is 0 Å². The zero-order valence-corrected chi connectivity index (χ0v) is 8.17. The summed E-state index contributed by atoms with van der Waals surface area (Å²) in [6.45, 7) is 4.35. The van der Waals surface area contributed by atoms with Crippen molar-refractivity contribution < 1.29 is 0 Å². The van der Waals surface area contributed by atoms with Gasteiger partial charge < -0.3 is 0 Å². The van der Waals surface area contributed by atoms with Gasteiger partial charge in [0.15, 0.2) is 0 Å². The molecule has 1 aromatic heterocycles. The lowest BCUT2D eigenvalue weighted by Gasteiger charge is -1.66. The van der Waals surface area contributed by atoms with Crippen molar-refractivity contribution in [1.82, 2.24) is 0 Å². The van der Waals surface area contributed by atoms with Crippen molar-refractivity contribution in [2.75, 3.05) is 6.26 Å². The van der Waals surface area contributed by atoms with Crippen molar-refractivity contribution in [3.8, 4) is 0 Å². The summed E-state index contributed by atoms with van der Waals surface area (Å²) in [5.74, 6) is 0. The van der Waals surface area contributed by atoms with Gasteiger partial charge in [-0.25, -0.2) is 0 Å². The maximum atomic E-state index is 2.18. The first kappa shape index (κ1) is 7.51. The van der Waals surface area contributed by atoms with Gasteiger partial charge in [0.05, 0.1) is 22.7 Å². The lowest BCUT2D eigenvalue weighted by atomic mass is 10.5. The third-order valence-electron chi connectivity index (χ3n) is 1.14. The molecule has 0 aromatic carbocycles. The van der Waals surface area contributed by atoms with Crippen LogP contribution in [0, 0.1) is 13.8 Å². The minimum Gasteiger partial charge on any atom is -0.0591 e. The van der Waals surface area contributed by atoms with E-state index in [-0.39, 0.29) is 0 Å². The quantitative estimate of drug-likeness (QED) is 0.468. The monoisotopic (exact) mass is 177 g/mol. The number of hydrogen-bond acceptors (Lipinski definition) is 2. The van der Waals surface area contributed by atoms with Gasteiger partial charge in [0, 0.05) is 0 Å². The molecule has 1 aromatic rings. The fraction of sp³-hybridized carbons (Fsp3) is 0.500. The molecule has 0 saturated heterocycles. The predicted octanol–water partition coefficient (Wildman–Crippen LogP) is 3.43. The standard InChI is InChI=1S/C6H9S3/c1-4-5(2)9-6(7-3)8-4/h1-3H3/q+1. The Morgan fingerprint density at radius 2 is 2.11 bits per heavy atom. The number of thioether (sulfide) groups is 1. The molecule has 1 heterocycles. The second kappa shape index (κ2) is 2.99. The van der Waals surface area contributed by atoms with Crippen LogP contribution in [0.25, 0.3) is 0 Å². The van der Waals surface area contributed by atoms with Gasteiger partial charge in [-0.1, -0.05) is 11.8 Å². The highest BCUT2D eigenvalue weighted by Crippen LogP contribution is 2.33. The van der Waals surface area contributed by atoms with Gasteiger partial charge in [-0.3, -0.25) is 0 Å². The van der Waals surface area contributed by atoms with Crippen LogP contribution in [0.2, 0.25) is 0 Å². The van der Waals surface area contributed by atoms with E-state index in [9.17, 15) is 0 Å². The van der Waals surface area contributed by atoms with E-state index in [1.807, 2.05) is 34.4 Å². The molecule has 0 saturated carbocycles. The molecule has 50 valence electrons. The maximum absolute atomic E-state index is 2.18. The van der Waals surface area contributed by atoms with Crippen LogP contribution in [0.5, 0.6) is 0 Å². The third-order valence-corrected chi connectivity index (χ3v) is 5.16. The molecule has 9 heavy (non-hydrogen) atoms. The molecule has 0 aliphatic rings. The topological polar surface area (TPSA) is 0 Å². The molecular formula is C6H9S3+. The van der Waals surface area contributed by atoms with E-state index in [2.05, 4.69) is 20.1 Å². The normalized spacial score (nSPS) is 10.1. The Morgan fingerprint density at radius 3 is 2.33 bits per heavy atom. The van der Waals surface area contributed by atoms with Crippen molar-refractivity contribution >= 4 is 34.4 Å². The third kappa shape index (κ3) is 1.66. The maximum Gasteiger partial charge on any atom is 0.312 e. The Bertz CT molecular complexity index is 183. The zero-order chi connectivity index (χ0) is 6.85. The molecule has 0 aliphatic carbocycles. The van der Waals surface area contributed by atoms with E-state index >= 15 is 0 Å². The Hall–Kier alpha value is 0.400. The lowest BCUT2D eigenvalue weighted by Crippen LogP contribution is -1.58. The first-order valence-corrected chi connectivity index (χ1v) is 5.54. The second-order valence-corrected chi connectivity index (χ2v) is 5.81. The minimum absolute atomic E-state index is 1.46. The summed E-state index contributed by atoms with van der Waals surface area (Å²) in [6.07, 6.45) is 2.13. The second-order valence-electron chi connectivity index (χ2n) is 1.77. The van der Waals surface area contributed by atoms with Crippen molar-refractivity contribution in [3.05, 3.63) is 9.75 Å². The molecule has 3 heteroatoms. The van der Waals surface area contributed by atoms with Gasteiger partial charge in [-0.15, -0.1) is 0 Å². The van der Waals surface area contributed by atoms with Gasteiger partial charge >= 0.3 is 3.52 Å². The van der Waals surface area contributed by atoms with E-state index in [1.165, 1.54) is 13.3 Å². The van der Waals surface area contributed by atoms with Crippen LogP contribution in [-0.4, -0.2) is 6.26 Å². The van der Waals surface area contributed by atoms with Crippen LogP contribution >= 0.6 is 34.4 Å². The molecule has 0 nitrogen and oxygen atoms in total. The van der Waals surface area contributed by atoms with E-state index in [4.69, 9.17) is 0 Å². The molecule has 0 amide bonds. The molecule has 0 unspecified atom stereocenters. The number of aryl methyl sites for hydroxylation is 2. The van der Waals surface area contributed by atoms with Crippen LogP contribution in [-0.2, 0) is 0 Å². The number of hydrogen-bond donors (Lipinski definition) is 0. The average molecular weight is 177 g/mol. The highest BCUT2D eigenvalue weighted by atomic mass is 32.2. The first-order valence-electron chi connectivity index (χ1n) is 2.68. The largest absolute Gasteiger partial charge is 0.312 e. The lowest BCUT2D eigenvalue weighted by molar-refractivity contribution is 1.51. The molecule has 0 radical (unpaired) electrons. The van der Waals surface area contributed by atoms with E-state index in [0.29, 0.717) is 0 Å². The van der Waals surface area contributed by atoms with Crippen molar-refractivity contribution in [1.29, 1.82) is 0 Å². The fourth-order valence-electron chi connectivity index (χ4n) is 0.498. The van der Waals surface area contributed by atoms with Crippen LogP contribution in [0.15, 0.2) is 3.52 Å². The summed E-state index contributed by atoms with van der Waals surface area (Å²) in [5, 5.41) is 0. The summed E-state index contributed by atoms with van der Waals surface area (Å²) in [6, 6.07) is 0. The highest BCUT2D eigenvalue weighted by Gasteiger charge is 2.13. The molecule has 0 bridgehead atoms. The smallest absolute Gasteiger partial charge is 0.0591 e. The van der Waals surface area contributed by atoms with Crippen LogP contribution < -0.4 is 0 Å². The Kier molecular flexibility index (Phi) is 2.50. The number of rotatable bonds is 1. The van der Waals surface area contributed by atoms with Gasteiger partial charge in [0.1, 0.15) is 9.75 Å². The van der Waals surface area contributed by atoms with E-state index in [1.54, 1.807) is 0 Å². The Balaban J connectivity index is 2.98. The van der Waals surface area contributed by atoms with Crippen LogP contribution in [0.4, 0.5) is 0 Å². The SMILES string of the molecule is CSc1sc(C)c(C)[s+]1. The van der Waals surface area contributed by atoms with Gasteiger partial charge in [-0.2, -0.15) is 0 Å². The summed E-state index contributed by atoms with van der Waals surface area (Å²) in [7, 11) is 0. The molecular weight excluding hydrogens is 168 g/mol. The average Bonchev–Trinajstić information content (AvgIpc) is 2.13. The molecule has 0 spiro atoms. The van der Waals surface area contributed by atoms with E-state index < -0.39 is 0 Å². The first-order chi connectivity index (χ1) is 4.24. The summed E-state index contributed by atoms with van der Waals surface area (Å²) >= 11 is 5.63. The van der Waals surface area contributed by atoms with Gasteiger partial charge in [0.2, 0.25) is 0 Å². The fourth-order valence-corrected chi connectivity index (χ4v) is 3.87. The van der Waals surface area contributed by atoms with Gasteiger partial charge in [-0.05, 0) is 20.1 Å². The van der Waals surface area contributed by atoms with Crippen LogP contribution in [0.3, 0.4) is 0 Å². The van der Waals surface area contributed by atoms with Crippen molar-refractivity contribution in [3.63, 3.8) is 0 Å². The molecule has 0 atom stereocenters. The zero-order valence-electron chi connectivity index (χ0n) is 5.72. The van der Waals surface area contributed by atoms with Gasteiger partial charge in [0.25, 0.3) is 0 Å². The minimum atomic E-state index is 1.46. The molecule has 0 fully saturated rings. The summed E-state index contributed by atoms with van der Waals surface area (Å²) in [5.41, 5.74) is 0. The molecule has 0 N–H and O–H groups in total. The molecule has 1 rings (SSSR count). The Labute approximate surface area is 67.9 Å². The highest BCUT2D eigenvalue weighted by molar-refractivity contribution is 8.02. The predicted molar refractivity (Wildman–Crippen MR) is 47.9 cm³/mol. The van der Waals surface area contributed by atoms with Crippen molar-refractivity contribution in [2.45, 2.75) is 17.4 Å².